The molecule has 1 saturated heterocycles. The zero-order valence-corrected chi connectivity index (χ0v) is 14.2. The lowest BCUT2D eigenvalue weighted by Gasteiger charge is -2.38. The van der Waals surface area contributed by atoms with Gasteiger partial charge in [0.15, 0.2) is 0 Å². The van der Waals surface area contributed by atoms with E-state index in [9.17, 15) is 9.59 Å². The molecule has 0 aliphatic carbocycles. The predicted octanol–water partition coefficient (Wildman–Crippen LogP) is 0.422. The van der Waals surface area contributed by atoms with Gasteiger partial charge in [0, 0.05) is 26.2 Å². The van der Waals surface area contributed by atoms with Crippen LogP contribution in [0.25, 0.3) is 0 Å². The number of ether oxygens (including phenoxy) is 1. The number of nitrogens with zero attached hydrogens (tertiary/aromatic N) is 3. The van der Waals surface area contributed by atoms with Gasteiger partial charge in [-0.05, 0) is 41.8 Å². The summed E-state index contributed by atoms with van der Waals surface area (Å²) in [5.74, 6) is -0.0554. The van der Waals surface area contributed by atoms with Crippen molar-refractivity contribution in [2.24, 2.45) is 0 Å². The number of hydrogen-bond donors (Lipinski definition) is 0. The summed E-state index contributed by atoms with van der Waals surface area (Å²) in [6.07, 6.45) is 0. The minimum atomic E-state index is -0.463. The van der Waals surface area contributed by atoms with E-state index >= 15 is 0 Å². The molecule has 21 heavy (non-hydrogen) atoms. The van der Waals surface area contributed by atoms with E-state index in [1.54, 1.807) is 0 Å². The smallest absolute Gasteiger partial charge is 0.323 e. The first-order valence-corrected chi connectivity index (χ1v) is 7.49. The van der Waals surface area contributed by atoms with Crippen LogP contribution in [0.3, 0.4) is 0 Å². The molecule has 1 atom stereocenters. The third-order valence-electron chi connectivity index (χ3n) is 3.41. The molecule has 1 rings (SSSR count). The summed E-state index contributed by atoms with van der Waals surface area (Å²) in [6.45, 7) is 10.7. The van der Waals surface area contributed by atoms with Crippen molar-refractivity contribution in [2.45, 2.75) is 39.3 Å². The van der Waals surface area contributed by atoms with E-state index in [0.29, 0.717) is 32.7 Å². The Bertz CT molecular complexity index is 369. The lowest BCUT2D eigenvalue weighted by Crippen LogP contribution is -2.55. The molecule has 0 aromatic carbocycles. The van der Waals surface area contributed by atoms with Gasteiger partial charge in [-0.2, -0.15) is 0 Å². The molecule has 1 aliphatic heterocycles. The lowest BCUT2D eigenvalue weighted by molar-refractivity contribution is -0.161. The average molecular weight is 299 g/mol. The van der Waals surface area contributed by atoms with Crippen LogP contribution in [0, 0.1) is 0 Å². The first kappa shape index (κ1) is 17.9. The number of amides is 1. The standard InChI is InChI=1S/C15H29N3O3/c1-12(14(20)21-15(2,3)4)17-7-9-18(10-8-17)13(19)11-16(5)6/h12H,7-11H2,1-6H3/t12-/m0/s1. The molecule has 1 fully saturated rings. The molecule has 122 valence electrons. The highest BCUT2D eigenvalue weighted by Gasteiger charge is 2.30. The van der Waals surface area contributed by atoms with Crippen LogP contribution in [-0.4, -0.2) is 85.0 Å². The van der Waals surface area contributed by atoms with Crippen LogP contribution >= 0.6 is 0 Å². The van der Waals surface area contributed by atoms with Gasteiger partial charge in [-0.25, -0.2) is 0 Å². The molecule has 1 amide bonds. The molecule has 0 radical (unpaired) electrons. The number of likely N-dealkylation sites (N-methyl/N-ethyl adjacent to an activating group) is 1. The van der Waals surface area contributed by atoms with Gasteiger partial charge in [-0.15, -0.1) is 0 Å². The largest absolute Gasteiger partial charge is 0.459 e. The zero-order chi connectivity index (χ0) is 16.2. The summed E-state index contributed by atoms with van der Waals surface area (Å²) >= 11 is 0. The molecule has 6 heteroatoms. The van der Waals surface area contributed by atoms with Crippen molar-refractivity contribution in [1.82, 2.24) is 14.7 Å². The van der Waals surface area contributed by atoms with Gasteiger partial charge in [-0.1, -0.05) is 0 Å². The zero-order valence-electron chi connectivity index (χ0n) is 14.2. The third kappa shape index (κ3) is 6.01. The average Bonchev–Trinajstić information content (AvgIpc) is 2.35. The number of hydrogen-bond acceptors (Lipinski definition) is 5. The van der Waals surface area contributed by atoms with Crippen molar-refractivity contribution < 1.29 is 14.3 Å². The summed E-state index contributed by atoms with van der Waals surface area (Å²) in [7, 11) is 3.78. The second-order valence-corrected chi connectivity index (χ2v) is 6.86. The number of esters is 1. The van der Waals surface area contributed by atoms with Crippen molar-refractivity contribution in [3.63, 3.8) is 0 Å². The highest BCUT2D eigenvalue weighted by Crippen LogP contribution is 2.13. The van der Waals surface area contributed by atoms with Crippen LogP contribution < -0.4 is 0 Å². The highest BCUT2D eigenvalue weighted by molar-refractivity contribution is 5.78. The number of piperazine rings is 1. The second kappa shape index (κ2) is 7.22. The van der Waals surface area contributed by atoms with E-state index in [1.165, 1.54) is 0 Å². The molecule has 1 aliphatic rings. The molecule has 6 nitrogen and oxygen atoms in total. The molecule has 0 aromatic rings. The molecule has 0 bridgehead atoms. The summed E-state index contributed by atoms with van der Waals surface area (Å²) < 4.78 is 5.41. The van der Waals surface area contributed by atoms with Crippen LogP contribution in [0.15, 0.2) is 0 Å². The predicted molar refractivity (Wildman–Crippen MR) is 82.0 cm³/mol. The Kier molecular flexibility index (Phi) is 6.16. The van der Waals surface area contributed by atoms with Gasteiger partial charge in [0.2, 0.25) is 5.91 Å². The Morgan fingerprint density at radius 2 is 1.67 bits per heavy atom. The van der Waals surface area contributed by atoms with E-state index in [1.807, 2.05) is 51.6 Å². The fourth-order valence-corrected chi connectivity index (χ4v) is 2.27. The number of carbonyl (C=O) groups excluding carboxylic acids is 2. The minimum Gasteiger partial charge on any atom is -0.459 e. The first-order chi connectivity index (χ1) is 9.60. The van der Waals surface area contributed by atoms with Gasteiger partial charge >= 0.3 is 5.97 Å². The van der Waals surface area contributed by atoms with Crippen molar-refractivity contribution in [2.75, 3.05) is 46.8 Å². The van der Waals surface area contributed by atoms with E-state index in [2.05, 4.69) is 4.90 Å². The molecular weight excluding hydrogens is 270 g/mol. The Labute approximate surface area is 128 Å². The SMILES string of the molecule is C[C@@H](C(=O)OC(C)(C)C)N1CCN(C(=O)CN(C)C)CC1. The molecule has 0 unspecified atom stereocenters. The van der Waals surface area contributed by atoms with Crippen LogP contribution in [0.4, 0.5) is 0 Å². The molecular formula is C15H29N3O3. The van der Waals surface area contributed by atoms with Crippen molar-refractivity contribution in [3.05, 3.63) is 0 Å². The van der Waals surface area contributed by atoms with E-state index in [4.69, 9.17) is 4.74 Å². The van der Waals surface area contributed by atoms with Gasteiger partial charge in [-0.3, -0.25) is 14.5 Å². The fourth-order valence-electron chi connectivity index (χ4n) is 2.27. The van der Waals surface area contributed by atoms with Crippen LogP contribution in [0.1, 0.15) is 27.7 Å². The third-order valence-corrected chi connectivity index (χ3v) is 3.41. The number of rotatable bonds is 4. The maximum Gasteiger partial charge on any atom is 0.323 e. The van der Waals surface area contributed by atoms with Gasteiger partial charge in [0.1, 0.15) is 11.6 Å². The second-order valence-electron chi connectivity index (χ2n) is 6.86. The van der Waals surface area contributed by atoms with Crippen LogP contribution in [0.5, 0.6) is 0 Å². The van der Waals surface area contributed by atoms with Gasteiger partial charge < -0.3 is 14.5 Å². The Morgan fingerprint density at radius 3 is 2.10 bits per heavy atom. The van der Waals surface area contributed by atoms with Gasteiger partial charge in [0.25, 0.3) is 0 Å². The molecule has 0 saturated carbocycles. The van der Waals surface area contributed by atoms with E-state index in [0.717, 1.165) is 0 Å². The van der Waals surface area contributed by atoms with Crippen molar-refractivity contribution in [3.8, 4) is 0 Å². The number of carbonyl (C=O) groups is 2. The summed E-state index contributed by atoms with van der Waals surface area (Å²) in [6, 6.07) is -0.268. The van der Waals surface area contributed by atoms with Crippen molar-refractivity contribution >= 4 is 11.9 Å². The van der Waals surface area contributed by atoms with Crippen LogP contribution in [0.2, 0.25) is 0 Å². The monoisotopic (exact) mass is 299 g/mol. The highest BCUT2D eigenvalue weighted by atomic mass is 16.6. The molecule has 0 aromatic heterocycles. The van der Waals surface area contributed by atoms with Crippen LogP contribution in [-0.2, 0) is 14.3 Å². The minimum absolute atomic E-state index is 0.143. The lowest BCUT2D eigenvalue weighted by atomic mass is 10.1. The molecule has 1 heterocycles. The Hall–Kier alpha value is -1.14. The van der Waals surface area contributed by atoms with Gasteiger partial charge in [0.05, 0.1) is 6.54 Å². The maximum absolute atomic E-state index is 12.1. The normalized spacial score (nSPS) is 18.7. The topological polar surface area (TPSA) is 53.1 Å². The Balaban J connectivity index is 2.45. The fraction of sp³-hybridized carbons (Fsp3) is 0.867. The Morgan fingerprint density at radius 1 is 1.14 bits per heavy atom. The summed E-state index contributed by atoms with van der Waals surface area (Å²) in [5, 5.41) is 0. The van der Waals surface area contributed by atoms with E-state index in [-0.39, 0.29) is 17.9 Å². The molecule has 0 spiro atoms. The molecule has 0 N–H and O–H groups in total. The summed E-state index contributed by atoms with van der Waals surface area (Å²) in [4.78, 5) is 29.9. The van der Waals surface area contributed by atoms with E-state index < -0.39 is 5.60 Å². The van der Waals surface area contributed by atoms with Crippen molar-refractivity contribution in [1.29, 1.82) is 0 Å². The summed E-state index contributed by atoms with van der Waals surface area (Å²) in [5.41, 5.74) is -0.463. The maximum atomic E-state index is 12.1. The first-order valence-electron chi connectivity index (χ1n) is 7.49. The quantitative estimate of drug-likeness (QED) is 0.704.